The van der Waals surface area contributed by atoms with Crippen LogP contribution in [0.2, 0.25) is 0 Å². The number of nitrogens with zero attached hydrogens (tertiary/aromatic N) is 1. The number of nitrogens with one attached hydrogen (secondary N) is 3. The van der Waals surface area contributed by atoms with Crippen molar-refractivity contribution in [2.75, 3.05) is 31.9 Å². The lowest BCUT2D eigenvalue weighted by atomic mass is 9.86. The van der Waals surface area contributed by atoms with E-state index in [1.54, 1.807) is 0 Å². The van der Waals surface area contributed by atoms with E-state index in [1.165, 1.54) is 25.7 Å². The molecule has 1 rings (SSSR count). The molecule has 1 fully saturated rings. The first-order valence-electron chi connectivity index (χ1n) is 9.07. The van der Waals surface area contributed by atoms with Gasteiger partial charge in [0.2, 0.25) is 10.0 Å². The zero-order valence-corrected chi connectivity index (χ0v) is 18.3. The Morgan fingerprint density at radius 2 is 1.88 bits per heavy atom. The Balaban J connectivity index is 0.00000529. The van der Waals surface area contributed by atoms with Gasteiger partial charge in [-0.25, -0.2) is 13.1 Å². The number of aliphatic imine (C=N–C) groups is 1. The highest BCUT2D eigenvalue weighted by molar-refractivity contribution is 14.0. The van der Waals surface area contributed by atoms with Crippen LogP contribution in [0, 0.1) is 5.92 Å². The Bertz CT molecular complexity index is 439. The Morgan fingerprint density at radius 3 is 2.46 bits per heavy atom. The summed E-state index contributed by atoms with van der Waals surface area (Å²) in [7, 11) is -3.19. The van der Waals surface area contributed by atoms with Crippen LogP contribution in [0.1, 0.15) is 58.8 Å². The molecular formula is C16H35IN4O2S. The Labute approximate surface area is 165 Å². The molecule has 0 aliphatic heterocycles. The summed E-state index contributed by atoms with van der Waals surface area (Å²) < 4.78 is 26.6. The van der Waals surface area contributed by atoms with Crippen molar-refractivity contribution in [3.8, 4) is 0 Å². The summed E-state index contributed by atoms with van der Waals surface area (Å²) in [6, 6.07) is 0. The second-order valence-electron chi connectivity index (χ2n) is 6.21. The molecule has 6 nitrogen and oxygen atoms in total. The molecule has 0 heterocycles. The standard InChI is InChI=1S/C16H34N4O2S.HI/c1-3-5-6-7-11-18-16(17-4-2)19-12-13-23(21,22)20-14-15-9-8-10-15;/h15,20H,3-14H2,1-2H3,(H2,17,18,19);1H. The fourth-order valence-electron chi connectivity index (χ4n) is 2.39. The molecule has 0 saturated heterocycles. The number of sulfonamides is 1. The molecule has 0 radical (unpaired) electrons. The number of unbranched alkanes of at least 4 members (excludes halogenated alkanes) is 3. The van der Waals surface area contributed by atoms with Crippen LogP contribution < -0.4 is 15.4 Å². The van der Waals surface area contributed by atoms with Crippen molar-refractivity contribution < 1.29 is 8.42 Å². The first kappa shape index (κ1) is 23.9. The van der Waals surface area contributed by atoms with Gasteiger partial charge in [0.15, 0.2) is 5.96 Å². The zero-order chi connectivity index (χ0) is 17.0. The Morgan fingerprint density at radius 1 is 1.12 bits per heavy atom. The van der Waals surface area contributed by atoms with Crippen molar-refractivity contribution >= 4 is 40.0 Å². The van der Waals surface area contributed by atoms with Crippen molar-refractivity contribution in [1.82, 2.24) is 15.4 Å². The van der Waals surface area contributed by atoms with Crippen LogP contribution in [-0.2, 0) is 10.0 Å². The van der Waals surface area contributed by atoms with Crippen LogP contribution in [0.4, 0.5) is 0 Å². The predicted octanol–water partition coefficient (Wildman–Crippen LogP) is 2.46. The molecule has 0 spiro atoms. The molecule has 1 aliphatic rings. The van der Waals surface area contributed by atoms with E-state index >= 15 is 0 Å². The van der Waals surface area contributed by atoms with Crippen LogP contribution in [0.5, 0.6) is 0 Å². The van der Waals surface area contributed by atoms with Crippen LogP contribution >= 0.6 is 24.0 Å². The molecule has 8 heteroatoms. The van der Waals surface area contributed by atoms with Gasteiger partial charge in [0.1, 0.15) is 0 Å². The molecule has 144 valence electrons. The molecule has 0 bridgehead atoms. The third kappa shape index (κ3) is 11.5. The normalized spacial score (nSPS) is 15.5. The first-order valence-corrected chi connectivity index (χ1v) is 10.7. The van der Waals surface area contributed by atoms with Crippen LogP contribution in [0.3, 0.4) is 0 Å². The van der Waals surface area contributed by atoms with Gasteiger partial charge in [-0.3, -0.25) is 4.99 Å². The number of rotatable bonds is 12. The molecule has 0 amide bonds. The summed E-state index contributed by atoms with van der Waals surface area (Å²) in [5.74, 6) is 1.33. The zero-order valence-electron chi connectivity index (χ0n) is 15.1. The lowest BCUT2D eigenvalue weighted by Gasteiger charge is -2.25. The van der Waals surface area contributed by atoms with Crippen molar-refractivity contribution in [3.63, 3.8) is 0 Å². The maximum absolute atomic E-state index is 11.9. The minimum absolute atomic E-state index is 0. The highest BCUT2D eigenvalue weighted by Gasteiger charge is 2.19. The molecule has 0 aromatic rings. The summed E-state index contributed by atoms with van der Waals surface area (Å²) in [6.45, 7) is 6.71. The maximum atomic E-state index is 11.9. The Hall–Kier alpha value is -0.0900. The molecule has 0 aromatic heterocycles. The minimum Gasteiger partial charge on any atom is -0.357 e. The highest BCUT2D eigenvalue weighted by atomic mass is 127. The minimum atomic E-state index is -3.19. The highest BCUT2D eigenvalue weighted by Crippen LogP contribution is 2.25. The summed E-state index contributed by atoms with van der Waals surface area (Å²) >= 11 is 0. The van der Waals surface area contributed by atoms with E-state index in [0.717, 1.165) is 32.4 Å². The SMILES string of the molecule is CCCCCCN=C(NCC)NCCS(=O)(=O)NCC1CCC1.I. The van der Waals surface area contributed by atoms with Crippen molar-refractivity contribution in [3.05, 3.63) is 0 Å². The summed E-state index contributed by atoms with van der Waals surface area (Å²) in [5.41, 5.74) is 0. The first-order chi connectivity index (χ1) is 11.1. The molecule has 0 aromatic carbocycles. The van der Waals surface area contributed by atoms with E-state index in [-0.39, 0.29) is 29.7 Å². The summed E-state index contributed by atoms with van der Waals surface area (Å²) in [5, 5.41) is 6.25. The lowest BCUT2D eigenvalue weighted by Crippen LogP contribution is -2.42. The number of halogens is 1. The van der Waals surface area contributed by atoms with E-state index in [0.29, 0.717) is 25.0 Å². The topological polar surface area (TPSA) is 82.6 Å². The third-order valence-electron chi connectivity index (χ3n) is 4.11. The van der Waals surface area contributed by atoms with Crippen LogP contribution in [-0.4, -0.2) is 46.3 Å². The average Bonchev–Trinajstić information content (AvgIpc) is 2.45. The fourth-order valence-corrected chi connectivity index (χ4v) is 3.39. The second-order valence-corrected chi connectivity index (χ2v) is 8.14. The van der Waals surface area contributed by atoms with Gasteiger partial charge in [-0.15, -0.1) is 24.0 Å². The van der Waals surface area contributed by atoms with Gasteiger partial charge in [-0.05, 0) is 32.1 Å². The van der Waals surface area contributed by atoms with E-state index in [2.05, 4.69) is 27.3 Å². The quantitative estimate of drug-likeness (QED) is 0.176. The van der Waals surface area contributed by atoms with E-state index in [1.807, 2.05) is 6.92 Å². The summed E-state index contributed by atoms with van der Waals surface area (Å²) in [6.07, 6.45) is 8.25. The van der Waals surface area contributed by atoms with Crippen molar-refractivity contribution in [2.45, 2.75) is 58.8 Å². The average molecular weight is 474 g/mol. The molecule has 0 unspecified atom stereocenters. The van der Waals surface area contributed by atoms with Gasteiger partial charge in [-0.2, -0.15) is 0 Å². The van der Waals surface area contributed by atoms with Crippen LogP contribution in [0.25, 0.3) is 0 Å². The van der Waals surface area contributed by atoms with Crippen molar-refractivity contribution in [1.29, 1.82) is 0 Å². The molecule has 3 N–H and O–H groups in total. The monoisotopic (exact) mass is 474 g/mol. The molecule has 0 atom stereocenters. The van der Waals surface area contributed by atoms with Gasteiger partial charge in [0.25, 0.3) is 0 Å². The number of hydrogen-bond acceptors (Lipinski definition) is 3. The molecular weight excluding hydrogens is 439 g/mol. The third-order valence-corrected chi connectivity index (χ3v) is 5.45. The van der Waals surface area contributed by atoms with Gasteiger partial charge in [0, 0.05) is 26.2 Å². The van der Waals surface area contributed by atoms with Gasteiger partial charge in [0.05, 0.1) is 5.75 Å². The van der Waals surface area contributed by atoms with Gasteiger partial charge >= 0.3 is 0 Å². The van der Waals surface area contributed by atoms with Gasteiger partial charge in [-0.1, -0.05) is 32.6 Å². The molecule has 1 aliphatic carbocycles. The largest absolute Gasteiger partial charge is 0.357 e. The smallest absolute Gasteiger partial charge is 0.213 e. The summed E-state index contributed by atoms with van der Waals surface area (Å²) in [4.78, 5) is 4.48. The van der Waals surface area contributed by atoms with Crippen molar-refractivity contribution in [2.24, 2.45) is 10.9 Å². The molecule has 24 heavy (non-hydrogen) atoms. The molecule has 1 saturated carbocycles. The fraction of sp³-hybridized carbons (Fsp3) is 0.938. The Kier molecular flexibility index (Phi) is 14.1. The predicted molar refractivity (Wildman–Crippen MR) is 113 cm³/mol. The van der Waals surface area contributed by atoms with Gasteiger partial charge < -0.3 is 10.6 Å². The van der Waals surface area contributed by atoms with E-state index in [9.17, 15) is 8.42 Å². The van der Waals surface area contributed by atoms with Crippen LogP contribution in [0.15, 0.2) is 4.99 Å². The number of hydrogen-bond donors (Lipinski definition) is 3. The lowest BCUT2D eigenvalue weighted by molar-refractivity contribution is 0.316. The van der Waals surface area contributed by atoms with E-state index in [4.69, 9.17) is 0 Å². The number of guanidine groups is 1. The second kappa shape index (κ2) is 14.1. The van der Waals surface area contributed by atoms with E-state index < -0.39 is 10.0 Å². The maximum Gasteiger partial charge on any atom is 0.213 e.